The van der Waals surface area contributed by atoms with Crippen LogP contribution in [0.3, 0.4) is 0 Å². The van der Waals surface area contributed by atoms with Crippen molar-refractivity contribution in [2.75, 3.05) is 11.4 Å². The lowest BCUT2D eigenvalue weighted by Crippen LogP contribution is -2.37. The first-order valence-electron chi connectivity index (χ1n) is 8.74. The molecule has 0 N–H and O–H groups in total. The molecule has 1 saturated heterocycles. The van der Waals surface area contributed by atoms with Crippen LogP contribution >= 0.6 is 0 Å². The number of hydrogen-bond donors (Lipinski definition) is 0. The zero-order chi connectivity index (χ0) is 17.9. The van der Waals surface area contributed by atoms with Crippen LogP contribution in [-0.2, 0) is 6.54 Å². The van der Waals surface area contributed by atoms with E-state index in [1.165, 1.54) is 0 Å². The Bertz CT molecular complexity index is 938. The molecule has 0 spiro atoms. The van der Waals surface area contributed by atoms with Crippen LogP contribution in [0.2, 0.25) is 0 Å². The lowest BCUT2D eigenvalue weighted by molar-refractivity contribution is 0.488. The highest BCUT2D eigenvalue weighted by Crippen LogP contribution is 2.24. The summed E-state index contributed by atoms with van der Waals surface area (Å²) in [6, 6.07) is 7.30. The van der Waals surface area contributed by atoms with Gasteiger partial charge in [-0.15, -0.1) is 0 Å². The number of pyridine rings is 1. The van der Waals surface area contributed by atoms with Crippen LogP contribution in [0.5, 0.6) is 0 Å². The molecule has 3 aromatic heterocycles. The molecule has 1 aliphatic rings. The fourth-order valence-corrected chi connectivity index (χ4v) is 3.32. The summed E-state index contributed by atoms with van der Waals surface area (Å²) in [6.45, 7) is 3.38. The molecular formula is C19H20N6O. The third-order valence-electron chi connectivity index (χ3n) is 4.67. The van der Waals surface area contributed by atoms with Crippen molar-refractivity contribution in [2.24, 2.45) is 0 Å². The maximum Gasteiger partial charge on any atom is 0.266 e. The van der Waals surface area contributed by atoms with Crippen LogP contribution in [-0.4, -0.2) is 37.3 Å². The molecule has 132 valence electrons. The highest BCUT2D eigenvalue weighted by Gasteiger charge is 2.27. The zero-order valence-electron chi connectivity index (χ0n) is 14.6. The lowest BCUT2D eigenvalue weighted by atomic mass is 10.2. The Morgan fingerprint density at radius 3 is 2.73 bits per heavy atom. The van der Waals surface area contributed by atoms with Gasteiger partial charge in [0, 0.05) is 30.6 Å². The van der Waals surface area contributed by atoms with Gasteiger partial charge in [-0.1, -0.05) is 0 Å². The SMILES string of the molecule is Cc1cnc(N2CCCC2Cn2nc(-c3ccncc3)ccc2=O)cn1. The Hall–Kier alpha value is -3.09. The van der Waals surface area contributed by atoms with Gasteiger partial charge in [0.15, 0.2) is 0 Å². The topological polar surface area (TPSA) is 76.8 Å². The van der Waals surface area contributed by atoms with Crippen LogP contribution in [0, 0.1) is 6.92 Å². The third kappa shape index (κ3) is 3.33. The third-order valence-corrected chi connectivity index (χ3v) is 4.67. The first-order chi connectivity index (χ1) is 12.7. The minimum absolute atomic E-state index is 0.0929. The summed E-state index contributed by atoms with van der Waals surface area (Å²) in [7, 11) is 0. The molecular weight excluding hydrogens is 328 g/mol. The van der Waals surface area contributed by atoms with E-state index in [0.29, 0.717) is 6.54 Å². The molecule has 1 unspecified atom stereocenters. The van der Waals surface area contributed by atoms with E-state index in [-0.39, 0.29) is 11.6 Å². The highest BCUT2D eigenvalue weighted by molar-refractivity contribution is 5.57. The summed E-state index contributed by atoms with van der Waals surface area (Å²) in [5.41, 5.74) is 2.52. The van der Waals surface area contributed by atoms with Gasteiger partial charge in [0.2, 0.25) is 0 Å². The average molecular weight is 348 g/mol. The number of aromatic nitrogens is 5. The van der Waals surface area contributed by atoms with Gasteiger partial charge in [-0.3, -0.25) is 14.8 Å². The summed E-state index contributed by atoms with van der Waals surface area (Å²) in [4.78, 5) is 27.4. The normalized spacial score (nSPS) is 16.8. The molecule has 0 bridgehead atoms. The molecule has 0 radical (unpaired) electrons. The van der Waals surface area contributed by atoms with Crippen molar-refractivity contribution in [3.8, 4) is 11.3 Å². The second kappa shape index (κ2) is 7.03. The quantitative estimate of drug-likeness (QED) is 0.718. The molecule has 7 nitrogen and oxygen atoms in total. The largest absolute Gasteiger partial charge is 0.350 e. The van der Waals surface area contributed by atoms with E-state index in [4.69, 9.17) is 0 Å². The van der Waals surface area contributed by atoms with Crippen molar-refractivity contribution in [3.63, 3.8) is 0 Å². The molecule has 0 aromatic carbocycles. The van der Waals surface area contributed by atoms with Crippen LogP contribution in [0.15, 0.2) is 53.8 Å². The number of aryl methyl sites for hydroxylation is 1. The van der Waals surface area contributed by atoms with E-state index in [0.717, 1.165) is 42.2 Å². The molecule has 0 amide bonds. The second-order valence-electron chi connectivity index (χ2n) is 6.48. The average Bonchev–Trinajstić information content (AvgIpc) is 3.13. The minimum atomic E-state index is -0.0929. The number of rotatable bonds is 4. The van der Waals surface area contributed by atoms with Gasteiger partial charge in [-0.05, 0) is 38.0 Å². The first kappa shape index (κ1) is 16.4. The van der Waals surface area contributed by atoms with E-state index in [2.05, 4.69) is 25.0 Å². The molecule has 1 atom stereocenters. The van der Waals surface area contributed by atoms with Crippen molar-refractivity contribution < 1.29 is 0 Å². The van der Waals surface area contributed by atoms with E-state index in [9.17, 15) is 4.79 Å². The van der Waals surface area contributed by atoms with Crippen molar-refractivity contribution >= 4 is 5.82 Å². The molecule has 7 heteroatoms. The number of nitrogens with zero attached hydrogens (tertiary/aromatic N) is 6. The van der Waals surface area contributed by atoms with Crippen molar-refractivity contribution in [3.05, 3.63) is 65.1 Å². The van der Waals surface area contributed by atoms with E-state index in [1.807, 2.05) is 19.1 Å². The van der Waals surface area contributed by atoms with Gasteiger partial charge < -0.3 is 4.90 Å². The van der Waals surface area contributed by atoms with Crippen LogP contribution in [0.1, 0.15) is 18.5 Å². The molecule has 4 heterocycles. The lowest BCUT2D eigenvalue weighted by Gasteiger charge is -2.25. The Morgan fingerprint density at radius 1 is 1.12 bits per heavy atom. The fraction of sp³-hybridized carbons (Fsp3) is 0.316. The van der Waals surface area contributed by atoms with E-state index in [1.54, 1.807) is 41.6 Å². The first-order valence-corrected chi connectivity index (χ1v) is 8.74. The van der Waals surface area contributed by atoms with Gasteiger partial charge in [-0.2, -0.15) is 5.10 Å². The van der Waals surface area contributed by atoms with Crippen LogP contribution < -0.4 is 10.5 Å². The molecule has 1 aliphatic heterocycles. The molecule has 0 aliphatic carbocycles. The monoisotopic (exact) mass is 348 g/mol. The summed E-state index contributed by atoms with van der Waals surface area (Å²) >= 11 is 0. The van der Waals surface area contributed by atoms with Gasteiger partial charge in [0.1, 0.15) is 5.82 Å². The Kier molecular flexibility index (Phi) is 4.43. The van der Waals surface area contributed by atoms with Crippen molar-refractivity contribution in [1.82, 2.24) is 24.7 Å². The maximum atomic E-state index is 12.3. The number of anilines is 1. The van der Waals surface area contributed by atoms with Crippen LogP contribution in [0.4, 0.5) is 5.82 Å². The maximum absolute atomic E-state index is 12.3. The van der Waals surface area contributed by atoms with Crippen molar-refractivity contribution in [2.45, 2.75) is 32.4 Å². The predicted molar refractivity (Wildman–Crippen MR) is 98.9 cm³/mol. The molecule has 0 saturated carbocycles. The second-order valence-corrected chi connectivity index (χ2v) is 6.48. The Morgan fingerprint density at radius 2 is 1.96 bits per heavy atom. The minimum Gasteiger partial charge on any atom is -0.350 e. The Balaban J connectivity index is 1.60. The molecule has 26 heavy (non-hydrogen) atoms. The van der Waals surface area contributed by atoms with Crippen LogP contribution in [0.25, 0.3) is 11.3 Å². The highest BCUT2D eigenvalue weighted by atomic mass is 16.1. The summed E-state index contributed by atoms with van der Waals surface area (Å²) in [5, 5.41) is 4.56. The summed E-state index contributed by atoms with van der Waals surface area (Å²) in [6.07, 6.45) is 9.10. The summed E-state index contributed by atoms with van der Waals surface area (Å²) < 4.78 is 1.56. The summed E-state index contributed by atoms with van der Waals surface area (Å²) in [5.74, 6) is 0.858. The predicted octanol–water partition coefficient (Wildman–Crippen LogP) is 2.07. The smallest absolute Gasteiger partial charge is 0.266 e. The zero-order valence-corrected chi connectivity index (χ0v) is 14.6. The van der Waals surface area contributed by atoms with E-state index < -0.39 is 0 Å². The molecule has 4 rings (SSSR count). The van der Waals surface area contributed by atoms with Gasteiger partial charge in [0.25, 0.3) is 5.56 Å². The standard InChI is InChI=1S/C19H20N6O/c1-14-11-22-18(12-21-14)24-10-2-3-16(24)13-25-19(26)5-4-17(23-25)15-6-8-20-9-7-15/h4-9,11-12,16H,2-3,10,13H2,1H3. The van der Waals surface area contributed by atoms with Gasteiger partial charge in [0.05, 0.1) is 36.4 Å². The van der Waals surface area contributed by atoms with Gasteiger partial charge in [-0.25, -0.2) is 9.67 Å². The van der Waals surface area contributed by atoms with Crippen molar-refractivity contribution in [1.29, 1.82) is 0 Å². The number of hydrogen-bond acceptors (Lipinski definition) is 6. The molecule has 1 fully saturated rings. The van der Waals surface area contributed by atoms with Gasteiger partial charge >= 0.3 is 0 Å². The Labute approximate surface area is 151 Å². The molecule has 3 aromatic rings. The fourth-order valence-electron chi connectivity index (χ4n) is 3.32. The van der Waals surface area contributed by atoms with E-state index >= 15 is 0 Å².